The standard InChI is InChI=1S/C17H22FN3O/c1-11-14-9-12(18)6-7-15(14)20(2)16(11)17(22)21-8-4-3-5-13(21)10-19/h6-7,9,13H,3-5,8,10,19H2,1-2H3/t13-/m0/s1. The van der Waals surface area contributed by atoms with Gasteiger partial charge < -0.3 is 15.2 Å². The molecule has 1 aromatic carbocycles. The Kier molecular flexibility index (Phi) is 3.91. The summed E-state index contributed by atoms with van der Waals surface area (Å²) in [5, 5.41) is 0.798. The average molecular weight is 303 g/mol. The van der Waals surface area contributed by atoms with Crippen LogP contribution in [0, 0.1) is 12.7 Å². The second kappa shape index (κ2) is 5.72. The Morgan fingerprint density at radius 2 is 2.18 bits per heavy atom. The molecule has 2 N–H and O–H groups in total. The highest BCUT2D eigenvalue weighted by atomic mass is 19.1. The number of nitrogens with zero attached hydrogens (tertiary/aromatic N) is 2. The number of halogens is 1. The SMILES string of the molecule is Cc1c(C(=O)N2CCCC[C@H]2CN)n(C)c2ccc(F)cc12. The van der Waals surface area contributed by atoms with Crippen molar-refractivity contribution in [2.45, 2.75) is 32.2 Å². The molecule has 5 heteroatoms. The van der Waals surface area contributed by atoms with E-state index in [2.05, 4.69) is 0 Å². The molecule has 2 aromatic rings. The van der Waals surface area contributed by atoms with Crippen LogP contribution >= 0.6 is 0 Å². The van der Waals surface area contributed by atoms with E-state index in [-0.39, 0.29) is 17.8 Å². The smallest absolute Gasteiger partial charge is 0.271 e. The van der Waals surface area contributed by atoms with Gasteiger partial charge in [-0.25, -0.2) is 4.39 Å². The van der Waals surface area contributed by atoms with Crippen molar-refractivity contribution in [3.8, 4) is 0 Å². The number of carbonyl (C=O) groups is 1. The molecule has 22 heavy (non-hydrogen) atoms. The first-order valence-electron chi connectivity index (χ1n) is 7.80. The summed E-state index contributed by atoms with van der Waals surface area (Å²) >= 11 is 0. The maximum absolute atomic E-state index is 13.5. The summed E-state index contributed by atoms with van der Waals surface area (Å²) in [5.74, 6) is -0.273. The number of hydrogen-bond donors (Lipinski definition) is 1. The maximum Gasteiger partial charge on any atom is 0.271 e. The van der Waals surface area contributed by atoms with Crippen LogP contribution in [0.4, 0.5) is 4.39 Å². The number of nitrogens with two attached hydrogens (primary N) is 1. The second-order valence-corrected chi connectivity index (χ2v) is 6.08. The zero-order chi connectivity index (χ0) is 15.9. The third-order valence-corrected chi connectivity index (χ3v) is 4.78. The van der Waals surface area contributed by atoms with Gasteiger partial charge in [-0.3, -0.25) is 4.79 Å². The van der Waals surface area contributed by atoms with Crippen molar-refractivity contribution in [1.82, 2.24) is 9.47 Å². The highest BCUT2D eigenvalue weighted by molar-refractivity contribution is 6.01. The fourth-order valence-electron chi connectivity index (χ4n) is 3.55. The molecular formula is C17H22FN3O. The van der Waals surface area contributed by atoms with Crippen molar-refractivity contribution in [3.63, 3.8) is 0 Å². The Hall–Kier alpha value is -1.88. The van der Waals surface area contributed by atoms with E-state index in [1.807, 2.05) is 23.4 Å². The van der Waals surface area contributed by atoms with Crippen molar-refractivity contribution in [1.29, 1.82) is 0 Å². The fraction of sp³-hybridized carbons (Fsp3) is 0.471. The first-order valence-corrected chi connectivity index (χ1v) is 7.80. The van der Waals surface area contributed by atoms with Gasteiger partial charge in [-0.1, -0.05) is 0 Å². The molecule has 1 aliphatic rings. The van der Waals surface area contributed by atoms with Crippen LogP contribution in [0.15, 0.2) is 18.2 Å². The molecule has 4 nitrogen and oxygen atoms in total. The molecule has 1 fully saturated rings. The zero-order valence-corrected chi connectivity index (χ0v) is 13.1. The number of aromatic nitrogens is 1. The Morgan fingerprint density at radius 3 is 2.91 bits per heavy atom. The molecule has 0 aliphatic carbocycles. The third-order valence-electron chi connectivity index (χ3n) is 4.78. The molecule has 1 atom stereocenters. The molecule has 1 aliphatic heterocycles. The quantitative estimate of drug-likeness (QED) is 0.927. The third kappa shape index (κ3) is 2.29. The van der Waals surface area contributed by atoms with Crippen LogP contribution in [0.1, 0.15) is 35.3 Å². The molecule has 118 valence electrons. The number of benzene rings is 1. The van der Waals surface area contributed by atoms with Gasteiger partial charge >= 0.3 is 0 Å². The Labute approximate surface area is 129 Å². The molecular weight excluding hydrogens is 281 g/mol. The van der Waals surface area contributed by atoms with E-state index in [0.717, 1.165) is 42.3 Å². The highest BCUT2D eigenvalue weighted by Crippen LogP contribution is 2.28. The number of likely N-dealkylation sites (tertiary alicyclic amines) is 1. The van der Waals surface area contributed by atoms with Gasteiger partial charge in [0.05, 0.1) is 0 Å². The highest BCUT2D eigenvalue weighted by Gasteiger charge is 2.29. The van der Waals surface area contributed by atoms with E-state index in [1.165, 1.54) is 12.1 Å². The summed E-state index contributed by atoms with van der Waals surface area (Å²) in [4.78, 5) is 14.9. The van der Waals surface area contributed by atoms with Crippen LogP contribution in [-0.2, 0) is 7.05 Å². The van der Waals surface area contributed by atoms with E-state index in [9.17, 15) is 9.18 Å². The van der Waals surface area contributed by atoms with Gasteiger partial charge in [0, 0.05) is 37.1 Å². The largest absolute Gasteiger partial charge is 0.339 e. The molecule has 1 aromatic heterocycles. The summed E-state index contributed by atoms with van der Waals surface area (Å²) in [7, 11) is 1.86. The van der Waals surface area contributed by atoms with Crippen LogP contribution in [-0.4, -0.2) is 34.5 Å². The first-order chi connectivity index (χ1) is 10.5. The van der Waals surface area contributed by atoms with Crippen molar-refractivity contribution in [2.75, 3.05) is 13.1 Å². The van der Waals surface area contributed by atoms with E-state index in [0.29, 0.717) is 12.2 Å². The lowest BCUT2D eigenvalue weighted by Gasteiger charge is -2.35. The van der Waals surface area contributed by atoms with Gasteiger partial charge in [0.2, 0.25) is 0 Å². The number of amides is 1. The molecule has 0 bridgehead atoms. The van der Waals surface area contributed by atoms with Crippen LogP contribution < -0.4 is 5.73 Å². The molecule has 0 unspecified atom stereocenters. The van der Waals surface area contributed by atoms with Crippen molar-refractivity contribution in [3.05, 3.63) is 35.3 Å². The minimum Gasteiger partial charge on any atom is -0.339 e. The second-order valence-electron chi connectivity index (χ2n) is 6.08. The van der Waals surface area contributed by atoms with E-state index in [1.54, 1.807) is 6.07 Å². The fourth-order valence-corrected chi connectivity index (χ4v) is 3.55. The number of fused-ring (bicyclic) bond motifs is 1. The van der Waals surface area contributed by atoms with E-state index < -0.39 is 0 Å². The lowest BCUT2D eigenvalue weighted by atomic mass is 10.0. The summed E-state index contributed by atoms with van der Waals surface area (Å²) < 4.78 is 15.4. The summed E-state index contributed by atoms with van der Waals surface area (Å²) in [6.07, 6.45) is 3.09. The summed E-state index contributed by atoms with van der Waals surface area (Å²) in [5.41, 5.74) is 8.18. The summed E-state index contributed by atoms with van der Waals surface area (Å²) in [6, 6.07) is 4.76. The molecule has 1 amide bonds. The normalized spacial score (nSPS) is 18.9. The lowest BCUT2D eigenvalue weighted by molar-refractivity contribution is 0.0613. The predicted molar refractivity (Wildman–Crippen MR) is 85.3 cm³/mol. The Balaban J connectivity index is 2.07. The number of hydrogen-bond acceptors (Lipinski definition) is 2. The number of carbonyl (C=O) groups excluding carboxylic acids is 1. The summed E-state index contributed by atoms with van der Waals surface area (Å²) in [6.45, 7) is 3.12. The van der Waals surface area contributed by atoms with E-state index in [4.69, 9.17) is 5.73 Å². The number of aryl methyl sites for hydroxylation is 2. The number of rotatable bonds is 2. The minimum atomic E-state index is -0.280. The molecule has 3 rings (SSSR count). The number of piperidine rings is 1. The van der Waals surface area contributed by atoms with Gasteiger partial charge in [0.15, 0.2) is 0 Å². The Bertz CT molecular complexity index is 722. The Morgan fingerprint density at radius 1 is 1.41 bits per heavy atom. The minimum absolute atomic E-state index is 0.00626. The average Bonchev–Trinajstić information content (AvgIpc) is 2.77. The van der Waals surface area contributed by atoms with Crippen LogP contribution in [0.2, 0.25) is 0 Å². The van der Waals surface area contributed by atoms with Crippen LogP contribution in [0.25, 0.3) is 10.9 Å². The lowest BCUT2D eigenvalue weighted by Crippen LogP contribution is -2.48. The topological polar surface area (TPSA) is 51.3 Å². The maximum atomic E-state index is 13.5. The van der Waals surface area contributed by atoms with Crippen molar-refractivity contribution >= 4 is 16.8 Å². The van der Waals surface area contributed by atoms with Crippen molar-refractivity contribution in [2.24, 2.45) is 12.8 Å². The predicted octanol–water partition coefficient (Wildman–Crippen LogP) is 2.58. The zero-order valence-electron chi connectivity index (χ0n) is 13.1. The first kappa shape index (κ1) is 15.0. The van der Waals surface area contributed by atoms with Crippen LogP contribution in [0.3, 0.4) is 0 Å². The van der Waals surface area contributed by atoms with Gasteiger partial charge in [0.1, 0.15) is 11.5 Å². The van der Waals surface area contributed by atoms with Gasteiger partial charge in [-0.05, 0) is 49.9 Å². The van der Waals surface area contributed by atoms with Crippen molar-refractivity contribution < 1.29 is 9.18 Å². The monoisotopic (exact) mass is 303 g/mol. The molecule has 2 heterocycles. The molecule has 0 spiro atoms. The van der Waals surface area contributed by atoms with E-state index >= 15 is 0 Å². The van der Waals surface area contributed by atoms with Gasteiger partial charge in [0.25, 0.3) is 5.91 Å². The molecule has 0 saturated carbocycles. The van der Waals surface area contributed by atoms with Gasteiger partial charge in [-0.2, -0.15) is 0 Å². The molecule has 0 radical (unpaired) electrons. The molecule has 1 saturated heterocycles. The van der Waals surface area contributed by atoms with Gasteiger partial charge in [-0.15, -0.1) is 0 Å². The van der Waals surface area contributed by atoms with Crippen LogP contribution in [0.5, 0.6) is 0 Å².